The Balaban J connectivity index is 1.99. The summed E-state index contributed by atoms with van der Waals surface area (Å²) in [4.78, 5) is 0. The van der Waals surface area contributed by atoms with Crippen molar-refractivity contribution < 1.29 is 13.2 Å². The van der Waals surface area contributed by atoms with Crippen molar-refractivity contribution in [2.45, 2.75) is 25.4 Å². The van der Waals surface area contributed by atoms with Crippen LogP contribution in [-0.4, -0.2) is 16.3 Å². The van der Waals surface area contributed by atoms with Crippen molar-refractivity contribution in [3.8, 4) is 16.9 Å². The van der Waals surface area contributed by atoms with Gasteiger partial charge in [-0.1, -0.05) is 47.5 Å². The Hall–Kier alpha value is -2.18. The molecule has 0 saturated heterocycles. The number of anilines is 1. The highest BCUT2D eigenvalue weighted by Crippen LogP contribution is 2.41. The third-order valence-electron chi connectivity index (χ3n) is 4.77. The smallest absolute Gasteiger partial charge is 0.370 e. The van der Waals surface area contributed by atoms with Crippen LogP contribution in [0.25, 0.3) is 16.9 Å². The van der Waals surface area contributed by atoms with Crippen molar-refractivity contribution in [2.75, 3.05) is 11.9 Å². The number of aromatic nitrogens is 2. The number of fused-ring (bicyclic) bond motifs is 1. The van der Waals surface area contributed by atoms with Crippen molar-refractivity contribution in [3.05, 3.63) is 63.6 Å². The lowest BCUT2D eigenvalue weighted by Gasteiger charge is -2.15. The standard InChI is InChI=1S/C20H16Cl2F3N3/c21-15-9-5-7-12(17(15)22)18-13-6-3-4-11-26-19(13)28(27-18)16-10-2-1-8-14(16)20(23,24)25/h1-2,5,7-10,26H,3-4,6,11H2. The van der Waals surface area contributed by atoms with Crippen molar-refractivity contribution in [1.29, 1.82) is 0 Å². The number of para-hydroxylation sites is 1. The molecule has 3 aromatic rings. The Morgan fingerprint density at radius 2 is 1.79 bits per heavy atom. The number of hydrogen-bond acceptors (Lipinski definition) is 2. The first-order chi connectivity index (χ1) is 13.4. The molecule has 0 spiro atoms. The molecular weight excluding hydrogens is 410 g/mol. The third-order valence-corrected chi connectivity index (χ3v) is 5.59. The Morgan fingerprint density at radius 3 is 2.57 bits per heavy atom. The molecule has 0 aliphatic carbocycles. The Kier molecular flexibility index (Phi) is 5.02. The van der Waals surface area contributed by atoms with Crippen LogP contribution in [0.5, 0.6) is 0 Å². The molecule has 0 atom stereocenters. The van der Waals surface area contributed by atoms with E-state index in [-0.39, 0.29) is 5.69 Å². The normalized spacial score (nSPS) is 14.3. The molecule has 28 heavy (non-hydrogen) atoms. The van der Waals surface area contributed by atoms with Crippen molar-refractivity contribution in [1.82, 2.24) is 9.78 Å². The van der Waals surface area contributed by atoms with Crippen molar-refractivity contribution in [2.24, 2.45) is 0 Å². The van der Waals surface area contributed by atoms with Gasteiger partial charge in [-0.25, -0.2) is 4.68 Å². The van der Waals surface area contributed by atoms with Gasteiger partial charge in [0, 0.05) is 17.7 Å². The van der Waals surface area contributed by atoms with Gasteiger partial charge in [0.25, 0.3) is 0 Å². The maximum Gasteiger partial charge on any atom is 0.418 e. The molecule has 0 saturated carbocycles. The number of nitrogens with one attached hydrogen (secondary N) is 1. The number of halogens is 5. The second-order valence-electron chi connectivity index (χ2n) is 6.59. The molecule has 3 nitrogen and oxygen atoms in total. The Morgan fingerprint density at radius 1 is 1.00 bits per heavy atom. The summed E-state index contributed by atoms with van der Waals surface area (Å²) in [6.45, 7) is 0.662. The van der Waals surface area contributed by atoms with Crippen LogP contribution in [0.3, 0.4) is 0 Å². The van der Waals surface area contributed by atoms with Crippen LogP contribution >= 0.6 is 23.2 Å². The average Bonchev–Trinajstić information content (AvgIpc) is 2.84. The van der Waals surface area contributed by atoms with Gasteiger partial charge >= 0.3 is 6.18 Å². The van der Waals surface area contributed by atoms with Gasteiger partial charge in [0.1, 0.15) is 5.82 Å². The summed E-state index contributed by atoms with van der Waals surface area (Å²) in [5, 5.41) is 8.53. The second kappa shape index (κ2) is 7.33. The summed E-state index contributed by atoms with van der Waals surface area (Å²) >= 11 is 12.5. The molecule has 146 valence electrons. The van der Waals surface area contributed by atoms with Crippen LogP contribution < -0.4 is 5.32 Å². The highest BCUT2D eigenvalue weighted by atomic mass is 35.5. The van der Waals surface area contributed by atoms with Gasteiger partial charge in [0.05, 0.1) is 27.0 Å². The highest BCUT2D eigenvalue weighted by Gasteiger charge is 2.35. The van der Waals surface area contributed by atoms with Gasteiger partial charge in [-0.15, -0.1) is 0 Å². The number of rotatable bonds is 2. The molecule has 0 fully saturated rings. The molecular formula is C20H16Cl2F3N3. The number of benzene rings is 2. The van der Waals surface area contributed by atoms with Crippen LogP contribution in [0.4, 0.5) is 19.0 Å². The zero-order valence-corrected chi connectivity index (χ0v) is 16.2. The molecule has 0 unspecified atom stereocenters. The fourth-order valence-electron chi connectivity index (χ4n) is 3.48. The van der Waals surface area contributed by atoms with Crippen LogP contribution in [0.2, 0.25) is 10.0 Å². The topological polar surface area (TPSA) is 29.9 Å². The summed E-state index contributed by atoms with van der Waals surface area (Å²) in [7, 11) is 0. The Labute approximate surface area is 170 Å². The number of alkyl halides is 3. The minimum absolute atomic E-state index is 0.0231. The Bertz CT molecular complexity index is 1030. The molecule has 1 N–H and O–H groups in total. The van der Waals surface area contributed by atoms with Gasteiger partial charge in [0.15, 0.2) is 0 Å². The van der Waals surface area contributed by atoms with Crippen molar-refractivity contribution >= 4 is 29.0 Å². The van der Waals surface area contributed by atoms with E-state index in [2.05, 4.69) is 10.4 Å². The molecule has 1 aromatic heterocycles. The second-order valence-corrected chi connectivity index (χ2v) is 7.37. The minimum Gasteiger partial charge on any atom is -0.370 e. The molecule has 1 aliphatic heterocycles. The van der Waals surface area contributed by atoms with Gasteiger partial charge in [-0.05, 0) is 37.5 Å². The average molecular weight is 426 g/mol. The van der Waals surface area contributed by atoms with Crippen LogP contribution in [-0.2, 0) is 12.6 Å². The predicted octanol–water partition coefficient (Wildman–Crippen LogP) is 6.61. The van der Waals surface area contributed by atoms with E-state index in [9.17, 15) is 13.2 Å². The fraction of sp³-hybridized carbons (Fsp3) is 0.250. The lowest BCUT2D eigenvalue weighted by molar-refractivity contribution is -0.137. The largest absolute Gasteiger partial charge is 0.418 e. The number of nitrogens with zero attached hydrogens (tertiary/aromatic N) is 2. The van der Waals surface area contributed by atoms with Gasteiger partial charge in [-0.3, -0.25) is 0 Å². The molecule has 0 radical (unpaired) electrons. The molecule has 1 aliphatic rings. The maximum atomic E-state index is 13.6. The van der Waals surface area contributed by atoms with Crippen LogP contribution in [0, 0.1) is 0 Å². The van der Waals surface area contributed by atoms with Crippen LogP contribution in [0.15, 0.2) is 42.5 Å². The first-order valence-electron chi connectivity index (χ1n) is 8.84. The lowest BCUT2D eigenvalue weighted by atomic mass is 10.0. The summed E-state index contributed by atoms with van der Waals surface area (Å²) < 4.78 is 42.1. The fourth-order valence-corrected chi connectivity index (χ4v) is 3.87. The zero-order valence-electron chi connectivity index (χ0n) is 14.7. The summed E-state index contributed by atoms with van der Waals surface area (Å²) in [5.41, 5.74) is 1.24. The third kappa shape index (κ3) is 3.35. The van der Waals surface area contributed by atoms with E-state index < -0.39 is 11.7 Å². The SMILES string of the molecule is FC(F)(F)c1ccccc1-n1nc(-c2cccc(Cl)c2Cl)c2c1NCCCC2. The first-order valence-corrected chi connectivity index (χ1v) is 9.60. The van der Waals surface area contributed by atoms with Gasteiger partial charge < -0.3 is 5.32 Å². The summed E-state index contributed by atoms with van der Waals surface area (Å²) in [5.74, 6) is 0.570. The number of hydrogen-bond donors (Lipinski definition) is 1. The van der Waals surface area contributed by atoms with Gasteiger partial charge in [-0.2, -0.15) is 18.3 Å². The van der Waals surface area contributed by atoms with E-state index in [1.165, 1.54) is 16.8 Å². The minimum atomic E-state index is -4.49. The van der Waals surface area contributed by atoms with E-state index in [1.807, 2.05) is 0 Å². The monoisotopic (exact) mass is 425 g/mol. The van der Waals surface area contributed by atoms with Gasteiger partial charge in [0.2, 0.25) is 0 Å². The van der Waals surface area contributed by atoms with E-state index in [4.69, 9.17) is 23.2 Å². The van der Waals surface area contributed by atoms with Crippen molar-refractivity contribution in [3.63, 3.8) is 0 Å². The summed E-state index contributed by atoms with van der Waals surface area (Å²) in [6.07, 6.45) is -1.99. The summed E-state index contributed by atoms with van der Waals surface area (Å²) in [6, 6.07) is 10.6. The molecule has 4 rings (SSSR count). The van der Waals surface area contributed by atoms with E-state index in [0.29, 0.717) is 40.1 Å². The predicted molar refractivity (Wildman–Crippen MR) is 105 cm³/mol. The molecule has 0 bridgehead atoms. The molecule has 8 heteroatoms. The van der Waals surface area contributed by atoms with E-state index in [0.717, 1.165) is 24.5 Å². The van der Waals surface area contributed by atoms with E-state index >= 15 is 0 Å². The molecule has 2 heterocycles. The van der Waals surface area contributed by atoms with Crippen LogP contribution in [0.1, 0.15) is 24.0 Å². The zero-order chi connectivity index (χ0) is 19.9. The first kappa shape index (κ1) is 19.2. The lowest BCUT2D eigenvalue weighted by Crippen LogP contribution is -2.14. The molecule has 2 aromatic carbocycles. The maximum absolute atomic E-state index is 13.6. The highest BCUT2D eigenvalue weighted by molar-refractivity contribution is 6.43. The van der Waals surface area contributed by atoms with E-state index in [1.54, 1.807) is 24.3 Å². The quantitative estimate of drug-likeness (QED) is 0.500. The molecule has 0 amide bonds.